The summed E-state index contributed by atoms with van der Waals surface area (Å²) in [7, 11) is 0. The van der Waals surface area contributed by atoms with Crippen LogP contribution in [0, 0.1) is 0 Å². The van der Waals surface area contributed by atoms with Gasteiger partial charge in [0.2, 0.25) is 0 Å². The van der Waals surface area contributed by atoms with Gasteiger partial charge in [0.1, 0.15) is 11.6 Å². The average molecular weight is 236 g/mol. The van der Waals surface area contributed by atoms with Crippen LogP contribution >= 0.6 is 12.6 Å². The third-order valence-corrected chi connectivity index (χ3v) is 2.55. The minimum Gasteiger partial charge on any atom is -0.494 e. The molecule has 0 radical (unpaired) electrons. The van der Waals surface area contributed by atoms with E-state index in [4.69, 9.17) is 4.74 Å². The first-order chi connectivity index (χ1) is 7.83. The largest absolute Gasteiger partial charge is 0.494 e. The van der Waals surface area contributed by atoms with Gasteiger partial charge in [-0.3, -0.25) is 0 Å². The van der Waals surface area contributed by atoms with Crippen LogP contribution < -0.4 is 4.74 Å². The Morgan fingerprint density at radius 1 is 1.44 bits per heavy atom. The van der Waals surface area contributed by atoms with Gasteiger partial charge in [0.05, 0.1) is 17.6 Å². The minimum absolute atomic E-state index is 0.753. The summed E-state index contributed by atoms with van der Waals surface area (Å²) in [6.07, 6.45) is 1.88. The highest BCUT2D eigenvalue weighted by atomic mass is 32.1. The Labute approximate surface area is 101 Å². The Morgan fingerprint density at radius 3 is 3.06 bits per heavy atom. The van der Waals surface area contributed by atoms with Gasteiger partial charge in [-0.1, -0.05) is 6.92 Å². The number of aryl methyl sites for hydroxylation is 1. The maximum absolute atomic E-state index is 5.57. The fourth-order valence-corrected chi connectivity index (χ4v) is 1.79. The average Bonchev–Trinajstić information content (AvgIpc) is 2.68. The molecule has 3 nitrogen and oxygen atoms in total. The highest BCUT2D eigenvalue weighted by Gasteiger charge is 2.03. The maximum atomic E-state index is 5.57. The molecule has 0 unspecified atom stereocenters. The Bertz CT molecular complexity index is 467. The molecule has 1 aromatic carbocycles. The first kappa shape index (κ1) is 11.3. The predicted molar refractivity (Wildman–Crippen MR) is 69.4 cm³/mol. The molecule has 0 aliphatic carbocycles. The molecule has 1 N–H and O–H groups in total. The highest BCUT2D eigenvalue weighted by Crippen LogP contribution is 2.19. The van der Waals surface area contributed by atoms with E-state index >= 15 is 0 Å². The van der Waals surface area contributed by atoms with Crippen molar-refractivity contribution in [1.82, 2.24) is 9.97 Å². The van der Waals surface area contributed by atoms with E-state index in [1.165, 1.54) is 0 Å². The Balaban J connectivity index is 2.23. The summed E-state index contributed by atoms with van der Waals surface area (Å²) >= 11 is 4.20. The molecular formula is C12H16N2OS. The van der Waals surface area contributed by atoms with E-state index in [-0.39, 0.29) is 0 Å². The van der Waals surface area contributed by atoms with Crippen LogP contribution in [-0.2, 0) is 6.42 Å². The smallest absolute Gasteiger partial charge is 0.121 e. The number of imidazole rings is 1. The molecule has 1 aromatic heterocycles. The zero-order valence-electron chi connectivity index (χ0n) is 9.36. The van der Waals surface area contributed by atoms with E-state index in [0.717, 1.165) is 47.8 Å². The number of H-pyrrole nitrogens is 1. The Morgan fingerprint density at radius 2 is 2.31 bits per heavy atom. The molecule has 16 heavy (non-hydrogen) atoms. The third-order valence-electron chi connectivity index (χ3n) is 2.32. The zero-order chi connectivity index (χ0) is 11.4. The number of hydrogen-bond donors (Lipinski definition) is 2. The van der Waals surface area contributed by atoms with E-state index in [0.29, 0.717) is 0 Å². The molecule has 0 saturated carbocycles. The van der Waals surface area contributed by atoms with Crippen LogP contribution in [0.15, 0.2) is 18.2 Å². The fourth-order valence-electron chi connectivity index (χ4n) is 1.58. The summed E-state index contributed by atoms with van der Waals surface area (Å²) in [6, 6.07) is 5.95. The number of aromatic amines is 1. The molecule has 0 fully saturated rings. The molecule has 0 spiro atoms. The topological polar surface area (TPSA) is 37.9 Å². The Hall–Kier alpha value is -1.16. The van der Waals surface area contributed by atoms with Crippen molar-refractivity contribution in [2.75, 3.05) is 12.4 Å². The van der Waals surface area contributed by atoms with Gasteiger partial charge >= 0.3 is 0 Å². The van der Waals surface area contributed by atoms with Crippen molar-refractivity contribution in [2.24, 2.45) is 0 Å². The number of aromatic nitrogens is 2. The number of hydrogen-bond acceptors (Lipinski definition) is 3. The van der Waals surface area contributed by atoms with Crippen molar-refractivity contribution >= 4 is 23.7 Å². The van der Waals surface area contributed by atoms with Gasteiger partial charge in [-0.25, -0.2) is 4.98 Å². The van der Waals surface area contributed by atoms with Gasteiger partial charge in [-0.05, 0) is 24.3 Å². The lowest BCUT2D eigenvalue weighted by atomic mass is 10.3. The van der Waals surface area contributed by atoms with E-state index in [1.807, 2.05) is 18.2 Å². The third kappa shape index (κ3) is 2.50. The van der Waals surface area contributed by atoms with Gasteiger partial charge in [0.25, 0.3) is 0 Å². The summed E-state index contributed by atoms with van der Waals surface area (Å²) < 4.78 is 5.57. The summed E-state index contributed by atoms with van der Waals surface area (Å²) in [5.41, 5.74) is 2.02. The molecule has 2 rings (SSSR count). The van der Waals surface area contributed by atoms with Gasteiger partial charge in [0, 0.05) is 12.5 Å². The van der Waals surface area contributed by atoms with E-state index in [9.17, 15) is 0 Å². The van der Waals surface area contributed by atoms with E-state index in [2.05, 4.69) is 29.5 Å². The van der Waals surface area contributed by atoms with Crippen LogP contribution in [0.5, 0.6) is 5.75 Å². The fraction of sp³-hybridized carbons (Fsp3) is 0.417. The number of rotatable bonds is 5. The van der Waals surface area contributed by atoms with Crippen LogP contribution in [0.1, 0.15) is 19.2 Å². The second-order valence-corrected chi connectivity index (χ2v) is 4.13. The van der Waals surface area contributed by atoms with E-state index < -0.39 is 0 Å². The maximum Gasteiger partial charge on any atom is 0.121 e. The molecule has 0 saturated heterocycles. The molecule has 0 amide bonds. The normalized spacial score (nSPS) is 10.9. The number of ether oxygens (including phenoxy) is 1. The zero-order valence-corrected chi connectivity index (χ0v) is 10.3. The van der Waals surface area contributed by atoms with Crippen molar-refractivity contribution in [3.8, 4) is 5.75 Å². The monoisotopic (exact) mass is 236 g/mol. The standard InChI is InChI=1S/C12H16N2OS/c1-2-6-15-9-3-4-10-11(8-9)14-12(13-10)5-7-16/h3-4,8,16H,2,5-7H2,1H3,(H,13,14). The highest BCUT2D eigenvalue weighted by molar-refractivity contribution is 7.80. The van der Waals surface area contributed by atoms with Crippen molar-refractivity contribution in [1.29, 1.82) is 0 Å². The van der Waals surface area contributed by atoms with Gasteiger partial charge in [-0.15, -0.1) is 0 Å². The van der Waals surface area contributed by atoms with Crippen LogP contribution in [0.25, 0.3) is 11.0 Å². The molecule has 0 aliphatic heterocycles. The lowest BCUT2D eigenvalue weighted by molar-refractivity contribution is 0.318. The van der Waals surface area contributed by atoms with Crippen molar-refractivity contribution < 1.29 is 4.74 Å². The number of thiol groups is 1. The van der Waals surface area contributed by atoms with Crippen LogP contribution in [0.2, 0.25) is 0 Å². The van der Waals surface area contributed by atoms with Crippen molar-refractivity contribution in [3.63, 3.8) is 0 Å². The first-order valence-electron chi connectivity index (χ1n) is 5.55. The summed E-state index contributed by atoms with van der Waals surface area (Å²) in [5, 5.41) is 0. The SMILES string of the molecule is CCCOc1ccc2nc(CCS)[nH]c2c1. The predicted octanol–water partition coefficient (Wildman–Crippen LogP) is 2.82. The molecule has 0 atom stereocenters. The van der Waals surface area contributed by atoms with Crippen LogP contribution in [0.3, 0.4) is 0 Å². The quantitative estimate of drug-likeness (QED) is 0.783. The lowest BCUT2D eigenvalue weighted by Gasteiger charge is -2.02. The van der Waals surface area contributed by atoms with Crippen molar-refractivity contribution in [2.45, 2.75) is 19.8 Å². The lowest BCUT2D eigenvalue weighted by Crippen LogP contribution is -1.94. The minimum atomic E-state index is 0.753. The summed E-state index contributed by atoms with van der Waals surface area (Å²) in [6.45, 7) is 2.85. The summed E-state index contributed by atoms with van der Waals surface area (Å²) in [5.74, 6) is 2.69. The van der Waals surface area contributed by atoms with Crippen LogP contribution in [-0.4, -0.2) is 22.3 Å². The Kier molecular flexibility index (Phi) is 3.72. The molecular weight excluding hydrogens is 220 g/mol. The summed E-state index contributed by atoms with van der Waals surface area (Å²) in [4.78, 5) is 7.74. The molecule has 0 aliphatic rings. The van der Waals surface area contributed by atoms with E-state index in [1.54, 1.807) is 0 Å². The molecule has 2 aromatic rings. The second-order valence-electron chi connectivity index (χ2n) is 3.68. The van der Waals surface area contributed by atoms with Gasteiger partial charge in [-0.2, -0.15) is 12.6 Å². The van der Waals surface area contributed by atoms with Gasteiger partial charge < -0.3 is 9.72 Å². The van der Waals surface area contributed by atoms with Gasteiger partial charge in [0.15, 0.2) is 0 Å². The molecule has 86 valence electrons. The molecule has 0 bridgehead atoms. The number of nitrogens with one attached hydrogen (secondary N) is 1. The van der Waals surface area contributed by atoms with Crippen molar-refractivity contribution in [3.05, 3.63) is 24.0 Å². The molecule has 4 heteroatoms. The number of benzene rings is 1. The molecule has 1 heterocycles. The second kappa shape index (κ2) is 5.25. The number of nitrogens with zero attached hydrogens (tertiary/aromatic N) is 1. The van der Waals surface area contributed by atoms with Crippen LogP contribution in [0.4, 0.5) is 0 Å². The number of fused-ring (bicyclic) bond motifs is 1. The first-order valence-corrected chi connectivity index (χ1v) is 6.19.